The Kier molecular flexibility index (Phi) is 1.44. The standard InChI is InChI=1S/C5H4ClNO/c6-5(8)4-2-1-3-7-4/h2-3H,1H2. The molecule has 0 saturated heterocycles. The molecule has 0 amide bonds. The van der Waals surface area contributed by atoms with Crippen LogP contribution in [0.4, 0.5) is 0 Å². The predicted molar refractivity (Wildman–Crippen MR) is 32.1 cm³/mol. The third-order valence-corrected chi connectivity index (χ3v) is 1.04. The van der Waals surface area contributed by atoms with Crippen molar-refractivity contribution in [2.45, 2.75) is 6.42 Å². The van der Waals surface area contributed by atoms with Crippen LogP contribution in [0.1, 0.15) is 6.42 Å². The first-order valence-electron chi connectivity index (χ1n) is 2.23. The number of allylic oxidation sites excluding steroid dienone is 2. The normalized spacial score (nSPS) is 16.4. The Hall–Kier alpha value is -0.630. The number of rotatable bonds is 1. The molecule has 0 N–H and O–H groups in total. The van der Waals surface area contributed by atoms with Gasteiger partial charge < -0.3 is 0 Å². The molecule has 0 bridgehead atoms. The highest BCUT2D eigenvalue weighted by Gasteiger charge is 2.04. The Morgan fingerprint density at radius 2 is 2.62 bits per heavy atom. The van der Waals surface area contributed by atoms with Crippen molar-refractivity contribution in [2.75, 3.05) is 0 Å². The Labute approximate surface area is 51.9 Å². The van der Waals surface area contributed by atoms with Crippen LogP contribution >= 0.6 is 11.6 Å². The van der Waals surface area contributed by atoms with Gasteiger partial charge in [0, 0.05) is 12.6 Å². The van der Waals surface area contributed by atoms with Gasteiger partial charge in [0.25, 0.3) is 5.24 Å². The molecule has 1 rings (SSSR count). The quantitative estimate of drug-likeness (QED) is 0.488. The highest BCUT2D eigenvalue weighted by molar-refractivity contribution is 6.67. The first kappa shape index (κ1) is 5.51. The predicted octanol–water partition coefficient (Wildman–Crippen LogP) is 1.11. The van der Waals surface area contributed by atoms with Gasteiger partial charge in [-0.15, -0.1) is 0 Å². The second-order valence-corrected chi connectivity index (χ2v) is 1.75. The zero-order valence-corrected chi connectivity index (χ0v) is 4.85. The van der Waals surface area contributed by atoms with Gasteiger partial charge in [0.15, 0.2) is 0 Å². The summed E-state index contributed by atoms with van der Waals surface area (Å²) in [6.07, 6.45) is 4.07. The van der Waals surface area contributed by atoms with Crippen molar-refractivity contribution in [3.05, 3.63) is 11.8 Å². The molecule has 8 heavy (non-hydrogen) atoms. The number of hydrogen-bond acceptors (Lipinski definition) is 2. The molecular weight excluding hydrogens is 126 g/mol. The van der Waals surface area contributed by atoms with E-state index in [1.165, 1.54) is 0 Å². The van der Waals surface area contributed by atoms with Crippen molar-refractivity contribution in [3.63, 3.8) is 0 Å². The molecule has 1 aliphatic heterocycles. The van der Waals surface area contributed by atoms with Crippen molar-refractivity contribution in [2.24, 2.45) is 4.99 Å². The van der Waals surface area contributed by atoms with Crippen molar-refractivity contribution in [1.29, 1.82) is 0 Å². The minimum atomic E-state index is -0.473. The monoisotopic (exact) mass is 129 g/mol. The second-order valence-electron chi connectivity index (χ2n) is 1.41. The highest BCUT2D eigenvalue weighted by Crippen LogP contribution is 2.07. The summed E-state index contributed by atoms with van der Waals surface area (Å²) in [5, 5.41) is -0.473. The van der Waals surface area contributed by atoms with Crippen LogP contribution in [0.2, 0.25) is 0 Å². The smallest absolute Gasteiger partial charge is 0.270 e. The van der Waals surface area contributed by atoms with Crippen LogP contribution in [-0.4, -0.2) is 11.5 Å². The second kappa shape index (κ2) is 2.09. The topological polar surface area (TPSA) is 29.4 Å². The van der Waals surface area contributed by atoms with Gasteiger partial charge in [0.2, 0.25) is 0 Å². The molecule has 0 aromatic carbocycles. The molecule has 3 heteroatoms. The summed E-state index contributed by atoms with van der Waals surface area (Å²) in [7, 11) is 0. The largest absolute Gasteiger partial charge is 0.274 e. The number of carbonyl (C=O) groups excluding carboxylic acids is 1. The summed E-state index contributed by atoms with van der Waals surface area (Å²) in [6, 6.07) is 0. The third kappa shape index (κ3) is 0.954. The van der Waals surface area contributed by atoms with E-state index in [0.717, 1.165) is 6.42 Å². The van der Waals surface area contributed by atoms with Crippen molar-refractivity contribution < 1.29 is 4.79 Å². The van der Waals surface area contributed by atoms with Gasteiger partial charge in [-0.3, -0.25) is 9.79 Å². The molecule has 1 heterocycles. The van der Waals surface area contributed by atoms with E-state index in [-0.39, 0.29) is 0 Å². The lowest BCUT2D eigenvalue weighted by Crippen LogP contribution is -1.84. The molecular formula is C5H4ClNO. The molecule has 0 aliphatic carbocycles. The fraction of sp³-hybridized carbons (Fsp3) is 0.200. The average molecular weight is 130 g/mol. The van der Waals surface area contributed by atoms with Crippen LogP contribution < -0.4 is 0 Å². The van der Waals surface area contributed by atoms with Crippen molar-refractivity contribution in [3.8, 4) is 0 Å². The first-order valence-corrected chi connectivity index (χ1v) is 2.61. The Bertz CT molecular complexity index is 171. The Morgan fingerprint density at radius 1 is 1.88 bits per heavy atom. The molecule has 0 aromatic heterocycles. The molecule has 0 unspecified atom stereocenters. The average Bonchev–Trinajstić information content (AvgIpc) is 2.12. The molecule has 0 radical (unpaired) electrons. The molecule has 0 spiro atoms. The van der Waals surface area contributed by atoms with Gasteiger partial charge in [0.1, 0.15) is 5.70 Å². The van der Waals surface area contributed by atoms with Gasteiger partial charge >= 0.3 is 0 Å². The van der Waals surface area contributed by atoms with Gasteiger partial charge in [0.05, 0.1) is 0 Å². The maximum atomic E-state index is 10.2. The summed E-state index contributed by atoms with van der Waals surface area (Å²) >= 11 is 5.06. The summed E-state index contributed by atoms with van der Waals surface area (Å²) < 4.78 is 0. The summed E-state index contributed by atoms with van der Waals surface area (Å²) in [5.74, 6) is 0. The Balaban J connectivity index is 2.72. The van der Waals surface area contributed by atoms with Gasteiger partial charge in [-0.25, -0.2) is 0 Å². The van der Waals surface area contributed by atoms with E-state index in [2.05, 4.69) is 4.99 Å². The van der Waals surface area contributed by atoms with E-state index in [0.29, 0.717) is 5.70 Å². The lowest BCUT2D eigenvalue weighted by Gasteiger charge is -1.81. The van der Waals surface area contributed by atoms with Crippen LogP contribution in [0.25, 0.3) is 0 Å². The van der Waals surface area contributed by atoms with E-state index >= 15 is 0 Å². The van der Waals surface area contributed by atoms with Crippen molar-refractivity contribution >= 4 is 23.1 Å². The molecule has 0 aromatic rings. The van der Waals surface area contributed by atoms with Crippen LogP contribution in [0.15, 0.2) is 16.8 Å². The summed E-state index contributed by atoms with van der Waals surface area (Å²) in [6.45, 7) is 0. The van der Waals surface area contributed by atoms with E-state index < -0.39 is 5.24 Å². The van der Waals surface area contributed by atoms with E-state index in [9.17, 15) is 4.79 Å². The van der Waals surface area contributed by atoms with Crippen LogP contribution in [0.3, 0.4) is 0 Å². The van der Waals surface area contributed by atoms with Gasteiger partial charge in [-0.05, 0) is 17.7 Å². The maximum absolute atomic E-state index is 10.2. The molecule has 42 valence electrons. The SMILES string of the molecule is O=C(Cl)C1=CCC=N1. The first-order chi connectivity index (χ1) is 3.80. The minimum absolute atomic E-state index is 0.367. The van der Waals surface area contributed by atoms with Crippen LogP contribution in [0.5, 0.6) is 0 Å². The van der Waals surface area contributed by atoms with Crippen LogP contribution in [0, 0.1) is 0 Å². The van der Waals surface area contributed by atoms with E-state index in [1.54, 1.807) is 12.3 Å². The van der Waals surface area contributed by atoms with Gasteiger partial charge in [-0.1, -0.05) is 0 Å². The summed E-state index contributed by atoms with van der Waals surface area (Å²) in [4.78, 5) is 13.9. The highest BCUT2D eigenvalue weighted by atomic mass is 35.5. The molecule has 0 fully saturated rings. The molecule has 1 aliphatic rings. The number of carbonyl (C=O) groups is 1. The fourth-order valence-electron chi connectivity index (χ4n) is 0.499. The number of hydrogen-bond donors (Lipinski definition) is 0. The van der Waals surface area contributed by atoms with E-state index in [1.807, 2.05) is 0 Å². The lowest BCUT2D eigenvalue weighted by molar-refractivity contribution is -0.108. The zero-order valence-electron chi connectivity index (χ0n) is 4.10. The number of nitrogens with zero attached hydrogens (tertiary/aromatic N) is 1. The third-order valence-electron chi connectivity index (χ3n) is 0.848. The zero-order chi connectivity index (χ0) is 5.98. The maximum Gasteiger partial charge on any atom is 0.270 e. The fourth-order valence-corrected chi connectivity index (χ4v) is 0.625. The minimum Gasteiger partial charge on any atom is -0.274 e. The molecule has 2 nitrogen and oxygen atoms in total. The number of halogens is 1. The van der Waals surface area contributed by atoms with Crippen molar-refractivity contribution in [1.82, 2.24) is 0 Å². The number of aliphatic imine (C=N–C) groups is 1. The molecule has 0 saturated carbocycles. The molecule has 0 atom stereocenters. The van der Waals surface area contributed by atoms with E-state index in [4.69, 9.17) is 11.6 Å². The van der Waals surface area contributed by atoms with Crippen LogP contribution in [-0.2, 0) is 4.79 Å². The lowest BCUT2D eigenvalue weighted by atomic mass is 10.4. The van der Waals surface area contributed by atoms with Gasteiger partial charge in [-0.2, -0.15) is 0 Å². The Morgan fingerprint density at radius 3 is 2.88 bits per heavy atom. The summed E-state index contributed by atoms with van der Waals surface area (Å²) in [5.41, 5.74) is 0.367.